The molecule has 0 aliphatic heterocycles. The minimum absolute atomic E-state index is 0.288. The number of esters is 1. The van der Waals surface area contributed by atoms with Crippen LogP contribution in [-0.4, -0.2) is 17.3 Å². The van der Waals surface area contributed by atoms with Gasteiger partial charge in [-0.05, 0) is 15.9 Å². The molecule has 0 saturated heterocycles. The summed E-state index contributed by atoms with van der Waals surface area (Å²) in [5.41, 5.74) is 0. The van der Waals surface area contributed by atoms with E-state index < -0.39 is 5.01 Å². The molecule has 0 bridgehead atoms. The van der Waals surface area contributed by atoms with Crippen LogP contribution in [0.25, 0.3) is 0 Å². The van der Waals surface area contributed by atoms with Gasteiger partial charge < -0.3 is 4.74 Å². The molecule has 3 nitrogen and oxygen atoms in total. The van der Waals surface area contributed by atoms with Gasteiger partial charge in [-0.1, -0.05) is 6.92 Å². The second-order valence-electron chi connectivity index (χ2n) is 1.33. The summed E-state index contributed by atoms with van der Waals surface area (Å²) in [6.07, 6.45) is 0.795. The van der Waals surface area contributed by atoms with E-state index in [0.29, 0.717) is 6.29 Å². The highest BCUT2D eigenvalue weighted by atomic mass is 79.9. The molecule has 0 aromatic heterocycles. The van der Waals surface area contributed by atoms with Gasteiger partial charge in [0.2, 0.25) is 5.01 Å². The number of hydrogen-bond donors (Lipinski definition) is 0. The number of halogens is 1. The van der Waals surface area contributed by atoms with E-state index in [1.54, 1.807) is 6.92 Å². The average molecular weight is 195 g/mol. The van der Waals surface area contributed by atoms with Crippen LogP contribution in [0.5, 0.6) is 0 Å². The molecule has 0 spiro atoms. The number of aldehydes is 1. The number of hydrogen-bond acceptors (Lipinski definition) is 3. The Bertz CT molecular complexity index is 113. The first-order chi connectivity index (χ1) is 4.20. The molecule has 0 saturated carbocycles. The van der Waals surface area contributed by atoms with Crippen molar-refractivity contribution < 1.29 is 14.3 Å². The van der Waals surface area contributed by atoms with E-state index in [9.17, 15) is 9.59 Å². The second kappa shape index (κ2) is 4.49. The van der Waals surface area contributed by atoms with Gasteiger partial charge in [0.05, 0.1) is 0 Å². The van der Waals surface area contributed by atoms with E-state index in [0.717, 1.165) is 0 Å². The lowest BCUT2D eigenvalue weighted by molar-refractivity contribution is -0.146. The highest BCUT2D eigenvalue weighted by Crippen LogP contribution is 1.98. The minimum atomic E-state index is -0.787. The van der Waals surface area contributed by atoms with Crippen LogP contribution in [0.2, 0.25) is 0 Å². The number of carbonyl (C=O) groups excluding carboxylic acids is 2. The average Bonchev–Trinajstić information content (AvgIpc) is 1.87. The third-order valence-electron chi connectivity index (χ3n) is 0.640. The maximum absolute atomic E-state index is 10.4. The van der Waals surface area contributed by atoms with Crippen molar-refractivity contribution >= 4 is 28.2 Å². The van der Waals surface area contributed by atoms with E-state index in [1.165, 1.54) is 0 Å². The Morgan fingerprint density at radius 1 is 1.89 bits per heavy atom. The Labute approximate surface area is 61.5 Å². The van der Waals surface area contributed by atoms with Gasteiger partial charge in [-0.25, -0.2) is 0 Å². The molecule has 0 aliphatic carbocycles. The summed E-state index contributed by atoms with van der Waals surface area (Å²) in [5.74, 6) is -0.385. The molecule has 0 heterocycles. The van der Waals surface area contributed by atoms with E-state index in [-0.39, 0.29) is 12.4 Å². The van der Waals surface area contributed by atoms with Crippen molar-refractivity contribution in [1.82, 2.24) is 0 Å². The molecule has 0 radical (unpaired) electrons. The van der Waals surface area contributed by atoms with Crippen LogP contribution in [0.1, 0.15) is 13.3 Å². The molecule has 1 atom stereocenters. The first kappa shape index (κ1) is 8.62. The third-order valence-corrected chi connectivity index (χ3v) is 1.04. The number of carbonyl (C=O) groups is 2. The van der Waals surface area contributed by atoms with E-state index in [4.69, 9.17) is 0 Å². The summed E-state index contributed by atoms with van der Waals surface area (Å²) in [5, 5.41) is -0.787. The fraction of sp³-hybridized carbons (Fsp3) is 0.600. The molecule has 52 valence electrons. The molecule has 0 aromatic rings. The van der Waals surface area contributed by atoms with Crippen LogP contribution in [0.4, 0.5) is 0 Å². The van der Waals surface area contributed by atoms with E-state index in [1.807, 2.05) is 0 Å². The van der Waals surface area contributed by atoms with Gasteiger partial charge >= 0.3 is 5.97 Å². The van der Waals surface area contributed by atoms with Crippen molar-refractivity contribution in [2.24, 2.45) is 0 Å². The normalized spacial score (nSPS) is 12.2. The van der Waals surface area contributed by atoms with Crippen molar-refractivity contribution in [1.29, 1.82) is 0 Å². The van der Waals surface area contributed by atoms with E-state index in [2.05, 4.69) is 20.7 Å². The van der Waals surface area contributed by atoms with Gasteiger partial charge in [0.15, 0.2) is 6.29 Å². The molecule has 9 heavy (non-hydrogen) atoms. The van der Waals surface area contributed by atoms with Gasteiger partial charge in [0, 0.05) is 6.42 Å². The topological polar surface area (TPSA) is 43.4 Å². The molecule has 0 amide bonds. The maximum Gasteiger partial charge on any atom is 0.307 e. The zero-order valence-corrected chi connectivity index (χ0v) is 6.55. The predicted octanol–water partition coefficient (Wildman–Crippen LogP) is 0.859. The van der Waals surface area contributed by atoms with Gasteiger partial charge in [0.1, 0.15) is 0 Å². The molecule has 0 aliphatic rings. The van der Waals surface area contributed by atoms with Gasteiger partial charge in [-0.15, -0.1) is 0 Å². The quantitative estimate of drug-likeness (QED) is 0.381. The molecule has 0 fully saturated rings. The lowest BCUT2D eigenvalue weighted by Gasteiger charge is -2.01. The smallest absolute Gasteiger partial charge is 0.307 e. The lowest BCUT2D eigenvalue weighted by Crippen LogP contribution is -2.11. The predicted molar refractivity (Wildman–Crippen MR) is 35.2 cm³/mol. The molecule has 0 N–H and O–H groups in total. The molecule has 1 unspecified atom stereocenters. The summed E-state index contributed by atoms with van der Waals surface area (Å²) >= 11 is 2.81. The molecular weight excluding hydrogens is 188 g/mol. The minimum Gasteiger partial charge on any atom is -0.443 e. The summed E-state index contributed by atoms with van der Waals surface area (Å²) in [7, 11) is 0. The summed E-state index contributed by atoms with van der Waals surface area (Å²) in [6, 6.07) is 0. The first-order valence-corrected chi connectivity index (χ1v) is 3.41. The Morgan fingerprint density at radius 3 is 2.78 bits per heavy atom. The second-order valence-corrected chi connectivity index (χ2v) is 2.23. The molecule has 0 rings (SSSR count). The van der Waals surface area contributed by atoms with Gasteiger partial charge in [0.25, 0.3) is 0 Å². The van der Waals surface area contributed by atoms with E-state index >= 15 is 0 Å². The maximum atomic E-state index is 10.4. The fourth-order valence-electron chi connectivity index (χ4n) is 0.237. The lowest BCUT2D eigenvalue weighted by atomic mass is 10.5. The summed E-state index contributed by atoms with van der Waals surface area (Å²) in [6.45, 7) is 1.66. The van der Waals surface area contributed by atoms with Crippen molar-refractivity contribution in [3.63, 3.8) is 0 Å². The fourth-order valence-corrected chi connectivity index (χ4v) is 0.445. The Hall–Kier alpha value is -0.380. The van der Waals surface area contributed by atoms with Crippen LogP contribution < -0.4 is 0 Å². The van der Waals surface area contributed by atoms with Crippen molar-refractivity contribution in [3.05, 3.63) is 0 Å². The van der Waals surface area contributed by atoms with Crippen LogP contribution in [-0.2, 0) is 14.3 Å². The molecule has 4 heteroatoms. The van der Waals surface area contributed by atoms with Crippen molar-refractivity contribution in [2.75, 3.05) is 0 Å². The number of rotatable bonds is 3. The van der Waals surface area contributed by atoms with Crippen LogP contribution in [0, 0.1) is 0 Å². The van der Waals surface area contributed by atoms with Gasteiger partial charge in [-0.2, -0.15) is 0 Å². The van der Waals surface area contributed by atoms with Crippen molar-refractivity contribution in [2.45, 2.75) is 18.4 Å². The number of ether oxygens (including phenoxy) is 1. The largest absolute Gasteiger partial charge is 0.443 e. The molecule has 0 aromatic carbocycles. The molecular formula is C5H7BrO3. The Balaban J connectivity index is 3.46. The van der Waals surface area contributed by atoms with Crippen LogP contribution >= 0.6 is 15.9 Å². The Morgan fingerprint density at radius 2 is 2.44 bits per heavy atom. The zero-order chi connectivity index (χ0) is 7.28. The standard InChI is InChI=1S/C5H7BrO3/c1-2-5(8)9-4(6)3-7/h3-4H,2H2,1H3. The monoisotopic (exact) mass is 194 g/mol. The number of alkyl halides is 1. The van der Waals surface area contributed by atoms with Gasteiger partial charge in [-0.3, -0.25) is 9.59 Å². The van der Waals surface area contributed by atoms with Crippen LogP contribution in [0.15, 0.2) is 0 Å². The first-order valence-electron chi connectivity index (χ1n) is 2.49. The third kappa shape index (κ3) is 4.14. The highest BCUT2D eigenvalue weighted by molar-refractivity contribution is 9.09. The zero-order valence-electron chi connectivity index (χ0n) is 4.96. The summed E-state index contributed by atoms with van der Waals surface area (Å²) in [4.78, 5) is 20.2. The SMILES string of the molecule is CCC(=O)OC(Br)C=O. The Kier molecular flexibility index (Phi) is 4.30. The van der Waals surface area contributed by atoms with Crippen LogP contribution in [0.3, 0.4) is 0 Å². The summed E-state index contributed by atoms with van der Waals surface area (Å²) < 4.78 is 4.46. The highest BCUT2D eigenvalue weighted by Gasteiger charge is 2.05. The van der Waals surface area contributed by atoms with Crippen molar-refractivity contribution in [3.8, 4) is 0 Å².